The van der Waals surface area contributed by atoms with E-state index < -0.39 is 17.2 Å². The van der Waals surface area contributed by atoms with E-state index in [4.69, 9.17) is 5.73 Å². The topological polar surface area (TPSA) is 55.1 Å². The van der Waals surface area contributed by atoms with Crippen molar-refractivity contribution < 1.29 is 13.6 Å². The molecule has 3 nitrogen and oxygen atoms in total. The van der Waals surface area contributed by atoms with Gasteiger partial charge in [0.15, 0.2) is 11.6 Å². The van der Waals surface area contributed by atoms with Crippen LogP contribution in [0.5, 0.6) is 0 Å². The summed E-state index contributed by atoms with van der Waals surface area (Å²) in [5.74, 6) is -2.41. The average Bonchev–Trinajstić information content (AvgIpc) is 2.21. The lowest BCUT2D eigenvalue weighted by molar-refractivity contribution is -0.116. The van der Waals surface area contributed by atoms with Crippen LogP contribution in [0.25, 0.3) is 0 Å². The number of amides is 1. The molecule has 0 fully saturated rings. The Labute approximate surface area is 99.0 Å². The number of rotatable bonds is 4. The molecule has 3 N–H and O–H groups in total. The molecular weight excluding hydrogens is 226 g/mol. The molecule has 0 aromatic heterocycles. The third-order valence-electron chi connectivity index (χ3n) is 2.22. The van der Waals surface area contributed by atoms with Gasteiger partial charge < -0.3 is 11.1 Å². The fourth-order valence-electron chi connectivity index (χ4n) is 1.25. The third-order valence-corrected chi connectivity index (χ3v) is 2.22. The molecular formula is C12H16F2N2O. The van der Waals surface area contributed by atoms with Crippen LogP contribution >= 0.6 is 0 Å². The van der Waals surface area contributed by atoms with Gasteiger partial charge in [-0.15, -0.1) is 0 Å². The van der Waals surface area contributed by atoms with E-state index in [-0.39, 0.29) is 18.0 Å². The van der Waals surface area contributed by atoms with Crippen LogP contribution in [0, 0.1) is 11.6 Å². The van der Waals surface area contributed by atoms with Crippen molar-refractivity contribution in [3.05, 3.63) is 29.8 Å². The van der Waals surface area contributed by atoms with E-state index in [1.165, 1.54) is 12.1 Å². The normalized spacial score (nSPS) is 11.4. The van der Waals surface area contributed by atoms with Crippen molar-refractivity contribution in [1.82, 2.24) is 0 Å². The Morgan fingerprint density at radius 2 is 2.06 bits per heavy atom. The lowest BCUT2D eigenvalue weighted by Crippen LogP contribution is -2.33. The highest BCUT2D eigenvalue weighted by Gasteiger charge is 2.15. The Morgan fingerprint density at radius 3 is 2.65 bits per heavy atom. The molecule has 0 radical (unpaired) electrons. The molecule has 0 spiro atoms. The van der Waals surface area contributed by atoms with Gasteiger partial charge in [-0.1, -0.05) is 6.07 Å². The van der Waals surface area contributed by atoms with E-state index in [0.717, 1.165) is 6.07 Å². The summed E-state index contributed by atoms with van der Waals surface area (Å²) < 4.78 is 26.1. The summed E-state index contributed by atoms with van der Waals surface area (Å²) in [6, 6.07) is 3.64. The van der Waals surface area contributed by atoms with Crippen LogP contribution in [-0.2, 0) is 4.79 Å². The number of halogens is 2. The van der Waals surface area contributed by atoms with Gasteiger partial charge in [0.2, 0.25) is 5.91 Å². The minimum atomic E-state index is -1.05. The van der Waals surface area contributed by atoms with Gasteiger partial charge in [0, 0.05) is 12.0 Å². The molecule has 5 heteroatoms. The molecule has 0 heterocycles. The number of carbonyl (C=O) groups excluding carboxylic acids is 1. The standard InChI is InChI=1S/C12H16F2N2O/c1-12(2,15)7-6-10(17)16-9-5-3-4-8(13)11(9)14/h3-5H,6-7,15H2,1-2H3,(H,16,17). The highest BCUT2D eigenvalue weighted by atomic mass is 19.2. The van der Waals surface area contributed by atoms with Crippen molar-refractivity contribution >= 4 is 11.6 Å². The minimum Gasteiger partial charge on any atom is -0.326 e. The number of carbonyl (C=O) groups is 1. The Kier molecular flexibility index (Phi) is 4.17. The number of hydrogen-bond acceptors (Lipinski definition) is 2. The Balaban J connectivity index is 2.60. The smallest absolute Gasteiger partial charge is 0.224 e. The molecule has 0 aliphatic carbocycles. The summed E-state index contributed by atoms with van der Waals surface area (Å²) in [6.45, 7) is 3.59. The monoisotopic (exact) mass is 242 g/mol. The summed E-state index contributed by atoms with van der Waals surface area (Å²) in [5, 5.41) is 2.31. The molecule has 1 amide bonds. The first kappa shape index (κ1) is 13.6. The maximum absolute atomic E-state index is 13.2. The van der Waals surface area contributed by atoms with Crippen LogP contribution in [0.1, 0.15) is 26.7 Å². The van der Waals surface area contributed by atoms with Crippen molar-refractivity contribution in [3.8, 4) is 0 Å². The summed E-state index contributed by atoms with van der Waals surface area (Å²) in [7, 11) is 0. The second-order valence-electron chi connectivity index (χ2n) is 4.64. The molecule has 1 rings (SSSR count). The summed E-state index contributed by atoms with van der Waals surface area (Å²) in [4.78, 5) is 11.5. The molecule has 0 saturated carbocycles. The lowest BCUT2D eigenvalue weighted by Gasteiger charge is -2.17. The SMILES string of the molecule is CC(C)(N)CCC(=O)Nc1cccc(F)c1F. The zero-order valence-corrected chi connectivity index (χ0v) is 9.89. The first-order chi connectivity index (χ1) is 7.79. The van der Waals surface area contributed by atoms with Crippen LogP contribution in [0.15, 0.2) is 18.2 Å². The molecule has 17 heavy (non-hydrogen) atoms. The van der Waals surface area contributed by atoms with Crippen LogP contribution in [0.4, 0.5) is 14.5 Å². The summed E-state index contributed by atoms with van der Waals surface area (Å²) in [5.41, 5.74) is 5.11. The predicted octanol–water partition coefficient (Wildman–Crippen LogP) is 2.42. The average molecular weight is 242 g/mol. The number of benzene rings is 1. The van der Waals surface area contributed by atoms with E-state index in [0.29, 0.717) is 6.42 Å². The van der Waals surface area contributed by atoms with Gasteiger partial charge in [-0.2, -0.15) is 0 Å². The Bertz CT molecular complexity index is 413. The van der Waals surface area contributed by atoms with E-state index in [9.17, 15) is 13.6 Å². The van der Waals surface area contributed by atoms with Gasteiger partial charge in [0.05, 0.1) is 5.69 Å². The molecule has 0 saturated heterocycles. The minimum absolute atomic E-state index is 0.148. The van der Waals surface area contributed by atoms with E-state index in [1.54, 1.807) is 13.8 Å². The Hall–Kier alpha value is -1.49. The third kappa shape index (κ3) is 4.48. The number of hydrogen-bond donors (Lipinski definition) is 2. The lowest BCUT2D eigenvalue weighted by atomic mass is 10.00. The maximum Gasteiger partial charge on any atom is 0.224 e. The van der Waals surface area contributed by atoms with Crippen LogP contribution in [0.3, 0.4) is 0 Å². The number of nitrogens with two attached hydrogens (primary N) is 1. The van der Waals surface area contributed by atoms with E-state index in [2.05, 4.69) is 5.32 Å². The summed E-state index contributed by atoms with van der Waals surface area (Å²) >= 11 is 0. The quantitative estimate of drug-likeness (QED) is 0.852. The van der Waals surface area contributed by atoms with Crippen LogP contribution < -0.4 is 11.1 Å². The van der Waals surface area contributed by atoms with Crippen molar-refractivity contribution in [3.63, 3.8) is 0 Å². The van der Waals surface area contributed by atoms with Crippen molar-refractivity contribution in [1.29, 1.82) is 0 Å². The second-order valence-corrected chi connectivity index (χ2v) is 4.64. The number of anilines is 1. The van der Waals surface area contributed by atoms with Gasteiger partial charge in [0.25, 0.3) is 0 Å². The highest BCUT2D eigenvalue weighted by Crippen LogP contribution is 2.17. The van der Waals surface area contributed by atoms with Gasteiger partial charge in [-0.25, -0.2) is 8.78 Å². The molecule has 0 aliphatic rings. The maximum atomic E-state index is 13.2. The second kappa shape index (κ2) is 5.23. The van der Waals surface area contributed by atoms with Gasteiger partial charge in [-0.05, 0) is 32.4 Å². The largest absolute Gasteiger partial charge is 0.326 e. The fourth-order valence-corrected chi connectivity index (χ4v) is 1.25. The molecule has 94 valence electrons. The molecule has 0 atom stereocenters. The van der Waals surface area contributed by atoms with E-state index >= 15 is 0 Å². The number of nitrogens with one attached hydrogen (secondary N) is 1. The molecule has 1 aromatic rings. The molecule has 0 aliphatic heterocycles. The first-order valence-electron chi connectivity index (χ1n) is 5.32. The fraction of sp³-hybridized carbons (Fsp3) is 0.417. The molecule has 1 aromatic carbocycles. The molecule has 0 unspecified atom stereocenters. The van der Waals surface area contributed by atoms with Gasteiger partial charge in [0.1, 0.15) is 0 Å². The van der Waals surface area contributed by atoms with Crippen molar-refractivity contribution in [2.45, 2.75) is 32.2 Å². The van der Waals surface area contributed by atoms with Crippen LogP contribution in [0.2, 0.25) is 0 Å². The highest BCUT2D eigenvalue weighted by molar-refractivity contribution is 5.90. The zero-order valence-electron chi connectivity index (χ0n) is 9.89. The summed E-state index contributed by atoms with van der Waals surface area (Å²) in [6.07, 6.45) is 0.634. The Morgan fingerprint density at radius 1 is 1.41 bits per heavy atom. The predicted molar refractivity (Wildman–Crippen MR) is 62.5 cm³/mol. The van der Waals surface area contributed by atoms with Crippen LogP contribution in [-0.4, -0.2) is 11.4 Å². The van der Waals surface area contributed by atoms with Crippen molar-refractivity contribution in [2.75, 3.05) is 5.32 Å². The van der Waals surface area contributed by atoms with E-state index in [1.807, 2.05) is 0 Å². The van der Waals surface area contributed by atoms with Crippen molar-refractivity contribution in [2.24, 2.45) is 5.73 Å². The first-order valence-corrected chi connectivity index (χ1v) is 5.32. The van der Waals surface area contributed by atoms with Gasteiger partial charge >= 0.3 is 0 Å². The molecule has 0 bridgehead atoms. The van der Waals surface area contributed by atoms with Gasteiger partial charge in [-0.3, -0.25) is 4.79 Å². The zero-order chi connectivity index (χ0) is 13.1.